The van der Waals surface area contributed by atoms with Crippen LogP contribution in [-0.4, -0.2) is 21.0 Å². The number of anilines is 2. The Hall–Kier alpha value is -2.04. The van der Waals surface area contributed by atoms with Crippen molar-refractivity contribution in [3.8, 4) is 11.3 Å². The van der Waals surface area contributed by atoms with Crippen LogP contribution < -0.4 is 11.1 Å². The van der Waals surface area contributed by atoms with Crippen molar-refractivity contribution in [3.63, 3.8) is 0 Å². The molecule has 0 amide bonds. The molecule has 5 nitrogen and oxygen atoms in total. The number of imidazole rings is 1. The van der Waals surface area contributed by atoms with Gasteiger partial charge in [-0.15, -0.1) is 0 Å². The maximum atomic E-state index is 5.58. The summed E-state index contributed by atoms with van der Waals surface area (Å²) in [6.07, 6.45) is 5.74. The summed E-state index contributed by atoms with van der Waals surface area (Å²) in [5.41, 5.74) is 7.42. The van der Waals surface area contributed by atoms with Gasteiger partial charge in [0.05, 0.1) is 5.69 Å². The summed E-state index contributed by atoms with van der Waals surface area (Å²) in [5, 5.41) is 3.41. The molecule has 18 heavy (non-hydrogen) atoms. The number of nitrogens with one attached hydrogen (secondary N) is 2. The Labute approximate surface area is 107 Å². The molecule has 2 aromatic rings. The molecule has 0 atom stereocenters. The number of hydrogen-bond acceptors (Lipinski definition) is 4. The van der Waals surface area contributed by atoms with Crippen molar-refractivity contribution in [2.24, 2.45) is 0 Å². The molecule has 0 bridgehead atoms. The van der Waals surface area contributed by atoms with Crippen LogP contribution in [0.25, 0.3) is 11.3 Å². The first-order chi connectivity index (χ1) is 8.72. The van der Waals surface area contributed by atoms with E-state index in [4.69, 9.17) is 5.73 Å². The van der Waals surface area contributed by atoms with Gasteiger partial charge in [0.15, 0.2) is 5.95 Å². The van der Waals surface area contributed by atoms with Gasteiger partial charge < -0.3 is 16.0 Å². The zero-order valence-corrected chi connectivity index (χ0v) is 10.8. The van der Waals surface area contributed by atoms with E-state index >= 15 is 0 Å². The molecule has 0 radical (unpaired) electrons. The van der Waals surface area contributed by atoms with Crippen molar-refractivity contribution in [1.29, 1.82) is 0 Å². The van der Waals surface area contributed by atoms with Gasteiger partial charge in [0.25, 0.3) is 0 Å². The molecule has 0 fully saturated rings. The van der Waals surface area contributed by atoms with Gasteiger partial charge in [-0.2, -0.15) is 0 Å². The molecule has 5 heteroatoms. The van der Waals surface area contributed by atoms with E-state index in [2.05, 4.69) is 34.1 Å². The number of hydrogen-bond donors (Lipinski definition) is 3. The zero-order chi connectivity index (χ0) is 13.0. The third kappa shape index (κ3) is 2.80. The largest absolute Gasteiger partial charge is 0.369 e. The lowest BCUT2D eigenvalue weighted by atomic mass is 10.1. The second-order valence-electron chi connectivity index (χ2n) is 4.26. The minimum atomic E-state index is 0.427. The van der Waals surface area contributed by atoms with E-state index in [9.17, 15) is 0 Å². The van der Waals surface area contributed by atoms with Crippen molar-refractivity contribution in [1.82, 2.24) is 15.0 Å². The number of H-pyrrole nitrogens is 1. The fraction of sp³-hybridized carbons (Fsp3) is 0.385. The van der Waals surface area contributed by atoms with Gasteiger partial charge in [0.1, 0.15) is 5.82 Å². The Bertz CT molecular complexity index is 502. The minimum absolute atomic E-state index is 0.427. The summed E-state index contributed by atoms with van der Waals surface area (Å²) in [6, 6.07) is 4.37. The lowest BCUT2D eigenvalue weighted by Gasteiger charge is -2.15. The van der Waals surface area contributed by atoms with Gasteiger partial charge in [-0.05, 0) is 25.0 Å². The van der Waals surface area contributed by atoms with Crippen molar-refractivity contribution in [2.45, 2.75) is 32.7 Å². The van der Waals surface area contributed by atoms with Crippen LogP contribution in [0.3, 0.4) is 0 Å². The monoisotopic (exact) mass is 245 g/mol. The molecule has 2 aromatic heterocycles. The summed E-state index contributed by atoms with van der Waals surface area (Å²) >= 11 is 0. The number of pyridine rings is 1. The van der Waals surface area contributed by atoms with E-state index in [0.29, 0.717) is 12.0 Å². The average Bonchev–Trinajstić information content (AvgIpc) is 2.83. The van der Waals surface area contributed by atoms with Gasteiger partial charge in [-0.1, -0.05) is 13.8 Å². The summed E-state index contributed by atoms with van der Waals surface area (Å²) < 4.78 is 0. The van der Waals surface area contributed by atoms with Crippen LogP contribution in [0, 0.1) is 0 Å². The van der Waals surface area contributed by atoms with Gasteiger partial charge in [-0.3, -0.25) is 0 Å². The molecule has 96 valence electrons. The molecule has 0 spiro atoms. The van der Waals surface area contributed by atoms with E-state index in [0.717, 1.165) is 29.9 Å². The quantitative estimate of drug-likeness (QED) is 0.756. The summed E-state index contributed by atoms with van der Waals surface area (Å²) in [6.45, 7) is 4.33. The van der Waals surface area contributed by atoms with Crippen LogP contribution in [-0.2, 0) is 0 Å². The van der Waals surface area contributed by atoms with Crippen LogP contribution in [0.2, 0.25) is 0 Å². The minimum Gasteiger partial charge on any atom is -0.369 e. The number of nitrogen functional groups attached to an aromatic ring is 1. The normalized spacial score (nSPS) is 10.8. The standard InChI is InChI=1S/C13H19N5/c1-3-10(4-2)17-12-7-9(5-6-15-12)11-8-16-13(14)18-11/h5-8,10H,3-4H2,1-2H3,(H,15,17)(H3,14,16,18). The molecular weight excluding hydrogens is 226 g/mol. The van der Waals surface area contributed by atoms with E-state index in [1.807, 2.05) is 12.1 Å². The maximum Gasteiger partial charge on any atom is 0.198 e. The highest BCUT2D eigenvalue weighted by Crippen LogP contribution is 2.20. The van der Waals surface area contributed by atoms with Crippen molar-refractivity contribution < 1.29 is 0 Å². The molecule has 0 saturated heterocycles. The predicted molar refractivity (Wildman–Crippen MR) is 74.2 cm³/mol. The lowest BCUT2D eigenvalue weighted by molar-refractivity contribution is 0.668. The highest BCUT2D eigenvalue weighted by Gasteiger charge is 2.06. The van der Waals surface area contributed by atoms with Crippen LogP contribution in [0.1, 0.15) is 26.7 Å². The van der Waals surface area contributed by atoms with Crippen molar-refractivity contribution in [3.05, 3.63) is 24.5 Å². The molecule has 4 N–H and O–H groups in total. The second-order valence-corrected chi connectivity index (χ2v) is 4.26. The predicted octanol–water partition coefficient (Wildman–Crippen LogP) is 2.65. The topological polar surface area (TPSA) is 79.6 Å². The van der Waals surface area contributed by atoms with Gasteiger partial charge in [0, 0.05) is 24.0 Å². The summed E-state index contributed by atoms with van der Waals surface area (Å²) in [7, 11) is 0. The summed E-state index contributed by atoms with van der Waals surface area (Å²) in [5.74, 6) is 1.30. The zero-order valence-electron chi connectivity index (χ0n) is 10.8. The van der Waals surface area contributed by atoms with E-state index < -0.39 is 0 Å². The van der Waals surface area contributed by atoms with Gasteiger partial charge in [-0.25, -0.2) is 9.97 Å². The van der Waals surface area contributed by atoms with Crippen LogP contribution in [0.15, 0.2) is 24.5 Å². The number of rotatable bonds is 5. The molecule has 0 aliphatic heterocycles. The SMILES string of the molecule is CCC(CC)Nc1cc(-c2c[nH]c(N)n2)ccn1. The fourth-order valence-corrected chi connectivity index (χ4v) is 1.86. The molecular formula is C13H19N5. The Balaban J connectivity index is 2.19. The van der Waals surface area contributed by atoms with Crippen molar-refractivity contribution in [2.75, 3.05) is 11.1 Å². The highest BCUT2D eigenvalue weighted by atomic mass is 15.0. The first kappa shape index (κ1) is 12.4. The Morgan fingerprint density at radius 1 is 1.39 bits per heavy atom. The average molecular weight is 245 g/mol. The second kappa shape index (κ2) is 5.53. The molecule has 0 saturated carbocycles. The molecule has 0 aliphatic carbocycles. The third-order valence-electron chi connectivity index (χ3n) is 2.99. The highest BCUT2D eigenvalue weighted by molar-refractivity contribution is 5.63. The molecule has 0 aliphatic rings. The smallest absolute Gasteiger partial charge is 0.198 e. The third-order valence-corrected chi connectivity index (χ3v) is 2.99. The number of nitrogens with two attached hydrogens (primary N) is 1. The van der Waals surface area contributed by atoms with E-state index in [1.165, 1.54) is 0 Å². The fourth-order valence-electron chi connectivity index (χ4n) is 1.86. The molecule has 0 aromatic carbocycles. The Morgan fingerprint density at radius 3 is 2.78 bits per heavy atom. The van der Waals surface area contributed by atoms with Crippen LogP contribution in [0.5, 0.6) is 0 Å². The maximum absolute atomic E-state index is 5.58. The number of aromatic nitrogens is 3. The van der Waals surface area contributed by atoms with Gasteiger partial charge in [0.2, 0.25) is 0 Å². The Kier molecular flexibility index (Phi) is 3.82. The number of aromatic amines is 1. The van der Waals surface area contributed by atoms with Crippen LogP contribution in [0.4, 0.5) is 11.8 Å². The van der Waals surface area contributed by atoms with Gasteiger partial charge >= 0.3 is 0 Å². The molecule has 2 heterocycles. The van der Waals surface area contributed by atoms with Crippen molar-refractivity contribution >= 4 is 11.8 Å². The summed E-state index contributed by atoms with van der Waals surface area (Å²) in [4.78, 5) is 11.4. The first-order valence-electron chi connectivity index (χ1n) is 6.26. The van der Waals surface area contributed by atoms with E-state index in [-0.39, 0.29) is 0 Å². The molecule has 2 rings (SSSR count). The number of nitrogens with zero attached hydrogens (tertiary/aromatic N) is 2. The van der Waals surface area contributed by atoms with Crippen LogP contribution >= 0.6 is 0 Å². The molecule has 0 unspecified atom stereocenters. The van der Waals surface area contributed by atoms with E-state index in [1.54, 1.807) is 12.4 Å². The first-order valence-corrected chi connectivity index (χ1v) is 6.26. The Morgan fingerprint density at radius 2 is 2.17 bits per heavy atom. The lowest BCUT2D eigenvalue weighted by Crippen LogP contribution is -2.17.